The third-order valence-electron chi connectivity index (χ3n) is 5.17. The smallest absolute Gasteiger partial charge is 0.387 e. The van der Waals surface area contributed by atoms with Crippen molar-refractivity contribution in [2.75, 3.05) is 7.11 Å². The molecular formula is C21H20F2N2O5S. The van der Waals surface area contributed by atoms with Crippen LogP contribution in [0.1, 0.15) is 40.0 Å². The van der Waals surface area contributed by atoms with Crippen molar-refractivity contribution in [1.82, 2.24) is 9.97 Å². The predicted octanol–water partition coefficient (Wildman–Crippen LogP) is 4.08. The summed E-state index contributed by atoms with van der Waals surface area (Å²) < 4.78 is 39.4. The fourth-order valence-electron chi connectivity index (χ4n) is 3.67. The fraction of sp³-hybridized carbons (Fsp3) is 0.381. The van der Waals surface area contributed by atoms with Crippen LogP contribution in [-0.4, -0.2) is 29.7 Å². The van der Waals surface area contributed by atoms with E-state index in [4.69, 9.17) is 9.47 Å². The number of thiophene rings is 1. The van der Waals surface area contributed by atoms with Crippen LogP contribution in [0.25, 0.3) is 10.2 Å². The molecule has 1 atom stereocenters. The zero-order valence-corrected chi connectivity index (χ0v) is 17.7. The third-order valence-corrected chi connectivity index (χ3v) is 6.32. The van der Waals surface area contributed by atoms with Crippen molar-refractivity contribution in [2.24, 2.45) is 5.92 Å². The summed E-state index contributed by atoms with van der Waals surface area (Å²) in [5, 5.41) is 0.626. The highest BCUT2D eigenvalue weighted by atomic mass is 32.1. The number of carbonyl (C=O) groups is 1. The number of hydrogen-bond donors (Lipinski definition) is 1. The van der Waals surface area contributed by atoms with Crippen LogP contribution in [0, 0.1) is 5.92 Å². The van der Waals surface area contributed by atoms with Crippen molar-refractivity contribution in [2.45, 2.75) is 39.4 Å². The maximum atomic E-state index is 12.6. The molecule has 10 heteroatoms. The summed E-state index contributed by atoms with van der Waals surface area (Å²) in [6.45, 7) is -1.06. The molecule has 3 aromatic rings. The maximum absolute atomic E-state index is 12.6. The molecule has 1 aromatic carbocycles. The molecule has 1 unspecified atom stereocenters. The predicted molar refractivity (Wildman–Crippen MR) is 110 cm³/mol. The second-order valence-electron chi connectivity index (χ2n) is 7.36. The van der Waals surface area contributed by atoms with Gasteiger partial charge in [0.05, 0.1) is 18.1 Å². The van der Waals surface area contributed by atoms with E-state index in [-0.39, 0.29) is 35.1 Å². The molecule has 4 rings (SSSR count). The topological polar surface area (TPSA) is 90.5 Å². The molecule has 1 aliphatic carbocycles. The van der Waals surface area contributed by atoms with E-state index in [0.29, 0.717) is 16.1 Å². The molecule has 1 N–H and O–H groups in total. The number of nitrogens with zero attached hydrogens (tertiary/aromatic N) is 1. The van der Waals surface area contributed by atoms with Crippen LogP contribution < -0.4 is 15.0 Å². The number of fused-ring (bicyclic) bond motifs is 3. The number of aromatic amines is 1. The van der Waals surface area contributed by atoms with Gasteiger partial charge in [-0.1, -0.05) is 6.92 Å². The summed E-state index contributed by atoms with van der Waals surface area (Å²) in [4.78, 5) is 34.0. The van der Waals surface area contributed by atoms with Gasteiger partial charge in [-0.3, -0.25) is 4.79 Å². The molecule has 0 aliphatic heterocycles. The van der Waals surface area contributed by atoms with Gasteiger partial charge in [0.25, 0.3) is 5.56 Å². The van der Waals surface area contributed by atoms with E-state index in [9.17, 15) is 18.4 Å². The molecule has 1 aliphatic rings. The van der Waals surface area contributed by atoms with Gasteiger partial charge in [0, 0.05) is 4.88 Å². The van der Waals surface area contributed by atoms with Gasteiger partial charge in [0.1, 0.15) is 17.3 Å². The first-order valence-corrected chi connectivity index (χ1v) is 10.5. The second kappa shape index (κ2) is 8.62. The van der Waals surface area contributed by atoms with Crippen LogP contribution in [-0.2, 0) is 24.2 Å². The number of esters is 1. The molecule has 0 radical (unpaired) electrons. The monoisotopic (exact) mass is 450 g/mol. The highest BCUT2D eigenvalue weighted by Crippen LogP contribution is 2.35. The van der Waals surface area contributed by atoms with E-state index >= 15 is 0 Å². The number of benzene rings is 1. The molecule has 0 saturated carbocycles. The van der Waals surface area contributed by atoms with E-state index < -0.39 is 12.6 Å². The number of aromatic nitrogens is 2. The van der Waals surface area contributed by atoms with Crippen molar-refractivity contribution in [3.63, 3.8) is 0 Å². The lowest BCUT2D eigenvalue weighted by Gasteiger charge is -2.17. The Morgan fingerprint density at radius 1 is 1.35 bits per heavy atom. The second-order valence-corrected chi connectivity index (χ2v) is 8.45. The Morgan fingerprint density at radius 2 is 2.16 bits per heavy atom. The van der Waals surface area contributed by atoms with Crippen LogP contribution >= 0.6 is 11.3 Å². The molecule has 7 nitrogen and oxygen atoms in total. The van der Waals surface area contributed by atoms with Crippen LogP contribution in [0.2, 0.25) is 0 Å². The third kappa shape index (κ3) is 4.39. The minimum Gasteiger partial charge on any atom is -0.493 e. The van der Waals surface area contributed by atoms with Crippen molar-refractivity contribution < 1.29 is 27.8 Å². The van der Waals surface area contributed by atoms with Gasteiger partial charge in [-0.25, -0.2) is 9.78 Å². The zero-order chi connectivity index (χ0) is 22.1. The molecule has 0 saturated heterocycles. The molecule has 0 fully saturated rings. The van der Waals surface area contributed by atoms with Crippen molar-refractivity contribution in [3.8, 4) is 11.5 Å². The Morgan fingerprint density at radius 3 is 2.90 bits per heavy atom. The minimum atomic E-state index is -3.02. The van der Waals surface area contributed by atoms with E-state index in [1.54, 1.807) is 0 Å². The number of hydrogen-bond acceptors (Lipinski definition) is 7. The molecule has 0 amide bonds. The van der Waals surface area contributed by atoms with Gasteiger partial charge in [-0.15, -0.1) is 11.3 Å². The summed E-state index contributed by atoms with van der Waals surface area (Å²) in [6, 6.07) is 3.73. The Labute approximate surface area is 180 Å². The van der Waals surface area contributed by atoms with Gasteiger partial charge >= 0.3 is 12.6 Å². The first-order chi connectivity index (χ1) is 14.9. The lowest BCUT2D eigenvalue weighted by Crippen LogP contribution is -2.16. The quantitative estimate of drug-likeness (QED) is 0.570. The van der Waals surface area contributed by atoms with Crippen LogP contribution in [0.4, 0.5) is 8.78 Å². The van der Waals surface area contributed by atoms with Crippen molar-refractivity contribution in [1.29, 1.82) is 0 Å². The number of nitrogens with one attached hydrogen (secondary N) is 1. The molecular weight excluding hydrogens is 430 g/mol. The van der Waals surface area contributed by atoms with Crippen LogP contribution in [0.3, 0.4) is 0 Å². The average Bonchev–Trinajstić information content (AvgIpc) is 3.09. The minimum absolute atomic E-state index is 0.0268. The maximum Gasteiger partial charge on any atom is 0.387 e. The fourth-order valence-corrected chi connectivity index (χ4v) is 5.07. The molecule has 2 aromatic heterocycles. The van der Waals surface area contributed by atoms with Crippen molar-refractivity contribution in [3.05, 3.63) is 50.4 Å². The van der Waals surface area contributed by atoms with E-state index in [1.807, 2.05) is 0 Å². The lowest BCUT2D eigenvalue weighted by atomic mass is 9.89. The molecule has 0 bridgehead atoms. The number of alkyl halides is 2. The number of H-pyrrole nitrogens is 1. The zero-order valence-electron chi connectivity index (χ0n) is 16.9. The summed E-state index contributed by atoms with van der Waals surface area (Å²) in [7, 11) is 1.27. The molecule has 2 heterocycles. The Kier molecular flexibility index (Phi) is 5.90. The summed E-state index contributed by atoms with van der Waals surface area (Å²) in [5.41, 5.74) is 0.925. The summed E-state index contributed by atoms with van der Waals surface area (Å²) in [5.74, 6) is -0.122. The first kappa shape index (κ1) is 21.2. The van der Waals surface area contributed by atoms with Crippen LogP contribution in [0.5, 0.6) is 11.5 Å². The Bertz CT molecular complexity index is 1190. The van der Waals surface area contributed by atoms with Gasteiger partial charge < -0.3 is 19.2 Å². The van der Waals surface area contributed by atoms with Gasteiger partial charge in [0.15, 0.2) is 11.5 Å². The largest absolute Gasteiger partial charge is 0.493 e. The Hall–Kier alpha value is -3.01. The number of rotatable bonds is 6. The summed E-state index contributed by atoms with van der Waals surface area (Å²) >= 11 is 1.51. The van der Waals surface area contributed by atoms with Crippen LogP contribution in [0.15, 0.2) is 23.0 Å². The standard InChI is InChI=1S/C21H20F2N2O5S/c1-10-3-5-12-15(7-10)31-19-17(12)18(26)24-16(25-19)9-29-20(27)11-4-6-13(30-21(22)23)14(8-11)28-2/h4,6,8,10,21H,3,5,7,9H2,1-2H3,(H,24,25,26). The van der Waals surface area contributed by atoms with Gasteiger partial charge in [-0.2, -0.15) is 8.78 Å². The first-order valence-electron chi connectivity index (χ1n) is 9.69. The molecule has 164 valence electrons. The van der Waals surface area contributed by atoms with E-state index in [1.165, 1.54) is 41.5 Å². The number of halogens is 2. The number of carbonyl (C=O) groups excluding carboxylic acids is 1. The summed E-state index contributed by atoms with van der Waals surface area (Å²) in [6.07, 6.45) is 2.85. The number of methoxy groups -OCH3 is 1. The average molecular weight is 450 g/mol. The Balaban J connectivity index is 1.51. The van der Waals surface area contributed by atoms with Gasteiger partial charge in [0.2, 0.25) is 0 Å². The van der Waals surface area contributed by atoms with E-state index in [2.05, 4.69) is 21.6 Å². The van der Waals surface area contributed by atoms with Crippen molar-refractivity contribution >= 4 is 27.5 Å². The van der Waals surface area contributed by atoms with E-state index in [0.717, 1.165) is 24.8 Å². The number of aryl methyl sites for hydroxylation is 1. The molecule has 31 heavy (non-hydrogen) atoms. The highest BCUT2D eigenvalue weighted by molar-refractivity contribution is 7.18. The normalized spacial score (nSPS) is 15.7. The highest BCUT2D eigenvalue weighted by Gasteiger charge is 2.23. The van der Waals surface area contributed by atoms with Gasteiger partial charge in [-0.05, 0) is 48.9 Å². The molecule has 0 spiro atoms. The lowest BCUT2D eigenvalue weighted by molar-refractivity contribution is -0.0512. The SMILES string of the molecule is COc1cc(C(=O)OCc2nc3sc4c(c3c(=O)[nH]2)CCC(C)C4)ccc1OC(F)F. The number of ether oxygens (including phenoxy) is 3.